The predicted molar refractivity (Wildman–Crippen MR) is 73.2 cm³/mol. The van der Waals surface area contributed by atoms with Crippen LogP contribution in [0, 0.1) is 21.4 Å². The predicted octanol–water partition coefficient (Wildman–Crippen LogP) is 2.16. The van der Waals surface area contributed by atoms with Gasteiger partial charge in [-0.2, -0.15) is 5.26 Å². The molecule has 0 saturated heterocycles. The molecular formula is C12H17N5O2. The van der Waals surface area contributed by atoms with E-state index < -0.39 is 4.92 Å². The molecule has 7 nitrogen and oxygen atoms in total. The van der Waals surface area contributed by atoms with E-state index in [0.717, 1.165) is 0 Å². The molecular weight excluding hydrogens is 246 g/mol. The van der Waals surface area contributed by atoms with Gasteiger partial charge in [-0.1, -0.05) is 0 Å². The lowest BCUT2D eigenvalue weighted by atomic mass is 10.2. The van der Waals surface area contributed by atoms with Crippen molar-refractivity contribution in [2.45, 2.75) is 26.3 Å². The van der Waals surface area contributed by atoms with Crippen LogP contribution in [0.15, 0.2) is 12.1 Å². The van der Waals surface area contributed by atoms with E-state index in [-0.39, 0.29) is 11.7 Å². The van der Waals surface area contributed by atoms with Crippen molar-refractivity contribution in [1.82, 2.24) is 4.98 Å². The Labute approximate surface area is 112 Å². The topological polar surface area (TPSA) is 95.1 Å². The van der Waals surface area contributed by atoms with Crippen molar-refractivity contribution in [3.8, 4) is 6.07 Å². The van der Waals surface area contributed by atoms with Crippen LogP contribution >= 0.6 is 0 Å². The standard InChI is InChI=1S/C12H17N5O2/c1-9(2)16(8-4-7-13)12-10(17(18)19)5-6-11(14-3)15-12/h5-6,9H,4,8H2,1-3H3,(H,14,15). The largest absolute Gasteiger partial charge is 0.373 e. The Morgan fingerprint density at radius 2 is 2.26 bits per heavy atom. The van der Waals surface area contributed by atoms with E-state index in [1.54, 1.807) is 18.0 Å². The first-order valence-corrected chi connectivity index (χ1v) is 5.98. The Morgan fingerprint density at radius 3 is 2.74 bits per heavy atom. The molecule has 0 aliphatic heterocycles. The first kappa shape index (κ1) is 14.7. The number of hydrogen-bond donors (Lipinski definition) is 1. The van der Waals surface area contributed by atoms with Crippen molar-refractivity contribution in [1.29, 1.82) is 5.26 Å². The number of hydrogen-bond acceptors (Lipinski definition) is 6. The van der Waals surface area contributed by atoms with Crippen molar-refractivity contribution in [2.24, 2.45) is 0 Å². The Bertz CT molecular complexity index is 495. The molecule has 0 bridgehead atoms. The highest BCUT2D eigenvalue weighted by Gasteiger charge is 2.23. The van der Waals surface area contributed by atoms with Crippen molar-refractivity contribution in [3.63, 3.8) is 0 Å². The highest BCUT2D eigenvalue weighted by atomic mass is 16.6. The van der Waals surface area contributed by atoms with E-state index in [9.17, 15) is 10.1 Å². The van der Waals surface area contributed by atoms with Gasteiger partial charge >= 0.3 is 5.69 Å². The van der Waals surface area contributed by atoms with Crippen molar-refractivity contribution in [3.05, 3.63) is 22.2 Å². The number of nitro groups is 1. The minimum Gasteiger partial charge on any atom is -0.373 e. The van der Waals surface area contributed by atoms with Crippen LogP contribution in [0.1, 0.15) is 20.3 Å². The number of nitriles is 1. The average Bonchev–Trinajstić information content (AvgIpc) is 2.38. The summed E-state index contributed by atoms with van der Waals surface area (Å²) in [6, 6.07) is 5.05. The molecule has 0 unspecified atom stereocenters. The average molecular weight is 263 g/mol. The van der Waals surface area contributed by atoms with Gasteiger partial charge in [0.1, 0.15) is 5.82 Å². The van der Waals surface area contributed by atoms with E-state index in [4.69, 9.17) is 5.26 Å². The minimum atomic E-state index is -0.455. The molecule has 0 aliphatic carbocycles. The summed E-state index contributed by atoms with van der Waals surface area (Å²) in [7, 11) is 1.70. The van der Waals surface area contributed by atoms with Crippen molar-refractivity contribution < 1.29 is 4.92 Å². The van der Waals surface area contributed by atoms with E-state index in [0.29, 0.717) is 24.6 Å². The molecule has 0 radical (unpaired) electrons. The summed E-state index contributed by atoms with van der Waals surface area (Å²) in [4.78, 5) is 16.6. The molecule has 19 heavy (non-hydrogen) atoms. The third kappa shape index (κ3) is 3.55. The van der Waals surface area contributed by atoms with Crippen LogP contribution in [-0.2, 0) is 0 Å². The number of anilines is 2. The highest BCUT2D eigenvalue weighted by molar-refractivity contribution is 5.62. The van der Waals surface area contributed by atoms with Crippen LogP contribution in [0.5, 0.6) is 0 Å². The fourth-order valence-corrected chi connectivity index (χ4v) is 1.71. The molecule has 0 spiro atoms. The fourth-order valence-electron chi connectivity index (χ4n) is 1.71. The molecule has 7 heteroatoms. The second-order valence-corrected chi connectivity index (χ2v) is 4.24. The van der Waals surface area contributed by atoms with E-state index >= 15 is 0 Å². The first-order chi connectivity index (χ1) is 9.01. The lowest BCUT2D eigenvalue weighted by Gasteiger charge is -2.26. The van der Waals surface area contributed by atoms with Gasteiger partial charge in [0, 0.05) is 25.7 Å². The maximum absolute atomic E-state index is 11.1. The molecule has 0 fully saturated rings. The number of aromatic nitrogens is 1. The van der Waals surface area contributed by atoms with E-state index in [1.165, 1.54) is 6.07 Å². The Kier molecular flexibility index (Phi) is 5.06. The van der Waals surface area contributed by atoms with Gasteiger partial charge in [0.05, 0.1) is 17.4 Å². The van der Waals surface area contributed by atoms with Crippen LogP contribution in [0.25, 0.3) is 0 Å². The molecule has 1 heterocycles. The minimum absolute atomic E-state index is 0.0201. The van der Waals surface area contributed by atoms with Crippen LogP contribution in [0.2, 0.25) is 0 Å². The number of pyridine rings is 1. The quantitative estimate of drug-likeness (QED) is 0.624. The van der Waals surface area contributed by atoms with Gasteiger partial charge in [0.2, 0.25) is 5.82 Å². The highest BCUT2D eigenvalue weighted by Crippen LogP contribution is 2.29. The Hall–Kier alpha value is -2.36. The van der Waals surface area contributed by atoms with Gasteiger partial charge in [-0.05, 0) is 19.9 Å². The molecule has 1 rings (SSSR count). The van der Waals surface area contributed by atoms with E-state index in [2.05, 4.69) is 10.3 Å². The zero-order chi connectivity index (χ0) is 14.4. The summed E-state index contributed by atoms with van der Waals surface area (Å²) in [5.41, 5.74) is -0.0503. The van der Waals surface area contributed by atoms with Crippen molar-refractivity contribution >= 4 is 17.3 Å². The summed E-state index contributed by atoms with van der Waals surface area (Å²) < 4.78 is 0. The second kappa shape index (κ2) is 6.54. The van der Waals surface area contributed by atoms with Crippen LogP contribution in [0.3, 0.4) is 0 Å². The molecule has 0 saturated carbocycles. The van der Waals surface area contributed by atoms with Gasteiger partial charge in [0.25, 0.3) is 0 Å². The van der Waals surface area contributed by atoms with Gasteiger partial charge in [-0.15, -0.1) is 0 Å². The van der Waals surface area contributed by atoms with Gasteiger partial charge in [-0.25, -0.2) is 4.98 Å². The summed E-state index contributed by atoms with van der Waals surface area (Å²) in [6.07, 6.45) is 0.292. The lowest BCUT2D eigenvalue weighted by molar-refractivity contribution is -0.384. The zero-order valence-corrected chi connectivity index (χ0v) is 11.3. The molecule has 102 valence electrons. The first-order valence-electron chi connectivity index (χ1n) is 5.98. The van der Waals surface area contributed by atoms with E-state index in [1.807, 2.05) is 19.9 Å². The maximum Gasteiger partial charge on any atom is 0.311 e. The maximum atomic E-state index is 11.1. The normalized spacial score (nSPS) is 10.1. The van der Waals surface area contributed by atoms with Crippen LogP contribution in [-0.4, -0.2) is 29.5 Å². The summed E-state index contributed by atoms with van der Waals surface area (Å²) in [6.45, 7) is 4.23. The molecule has 0 amide bonds. The lowest BCUT2D eigenvalue weighted by Crippen LogP contribution is -2.33. The zero-order valence-electron chi connectivity index (χ0n) is 11.3. The third-order valence-electron chi connectivity index (χ3n) is 2.67. The summed E-state index contributed by atoms with van der Waals surface area (Å²) in [5, 5.41) is 22.6. The molecule has 0 aliphatic rings. The van der Waals surface area contributed by atoms with Gasteiger partial charge in [0.15, 0.2) is 0 Å². The van der Waals surface area contributed by atoms with Gasteiger partial charge < -0.3 is 10.2 Å². The van der Waals surface area contributed by atoms with Crippen molar-refractivity contribution in [2.75, 3.05) is 23.8 Å². The number of rotatable bonds is 6. The van der Waals surface area contributed by atoms with Gasteiger partial charge in [-0.3, -0.25) is 10.1 Å². The molecule has 1 aromatic rings. The third-order valence-corrected chi connectivity index (χ3v) is 2.67. The summed E-state index contributed by atoms with van der Waals surface area (Å²) >= 11 is 0. The Balaban J connectivity index is 3.25. The molecule has 0 atom stereocenters. The van der Waals surface area contributed by atoms with Crippen LogP contribution < -0.4 is 10.2 Å². The SMILES string of the molecule is CNc1ccc([N+](=O)[O-])c(N(CCC#N)C(C)C)n1. The second-order valence-electron chi connectivity index (χ2n) is 4.24. The monoisotopic (exact) mass is 263 g/mol. The smallest absolute Gasteiger partial charge is 0.311 e. The summed E-state index contributed by atoms with van der Waals surface area (Å²) in [5.74, 6) is 0.852. The Morgan fingerprint density at radius 1 is 1.58 bits per heavy atom. The molecule has 1 aromatic heterocycles. The molecule has 0 aromatic carbocycles. The fraction of sp³-hybridized carbons (Fsp3) is 0.500. The molecule has 1 N–H and O–H groups in total. The number of nitrogens with one attached hydrogen (secondary N) is 1. The van der Waals surface area contributed by atoms with Crippen LogP contribution in [0.4, 0.5) is 17.3 Å². The number of nitrogens with zero attached hydrogens (tertiary/aromatic N) is 4.